The van der Waals surface area contributed by atoms with E-state index in [1.807, 2.05) is 37.2 Å². The van der Waals surface area contributed by atoms with E-state index in [-0.39, 0.29) is 5.95 Å². The van der Waals surface area contributed by atoms with E-state index in [4.69, 9.17) is 17.3 Å². The summed E-state index contributed by atoms with van der Waals surface area (Å²) in [6.45, 7) is 5.59. The van der Waals surface area contributed by atoms with Crippen LogP contribution in [0, 0.1) is 0 Å². The highest BCUT2D eigenvalue weighted by atomic mass is 35.5. The average molecular weight is 362 g/mol. The first-order valence-electron chi connectivity index (χ1n) is 8.36. The van der Waals surface area contributed by atoms with Crippen LogP contribution in [0.3, 0.4) is 0 Å². The molecule has 1 saturated heterocycles. The van der Waals surface area contributed by atoms with Crippen molar-refractivity contribution in [2.24, 2.45) is 0 Å². The number of benzene rings is 1. The molecule has 0 amide bonds. The molecule has 0 radical (unpaired) electrons. The summed E-state index contributed by atoms with van der Waals surface area (Å²) in [6.07, 6.45) is 0. The molecular formula is C17H24ClN7. The van der Waals surface area contributed by atoms with E-state index in [0.29, 0.717) is 12.5 Å². The molecule has 8 heteroatoms. The summed E-state index contributed by atoms with van der Waals surface area (Å²) in [6, 6.07) is 8.06. The lowest BCUT2D eigenvalue weighted by atomic mass is 10.2. The molecule has 134 valence electrons. The van der Waals surface area contributed by atoms with Crippen molar-refractivity contribution in [1.29, 1.82) is 0 Å². The maximum atomic E-state index is 6.06. The van der Waals surface area contributed by atoms with Gasteiger partial charge in [-0.1, -0.05) is 23.7 Å². The number of hydrogen-bond donors (Lipinski definition) is 1. The number of hydrogen-bond acceptors (Lipinski definition) is 7. The fraction of sp³-hybridized carbons (Fsp3) is 0.471. The predicted octanol–water partition coefficient (Wildman–Crippen LogP) is 1.49. The summed E-state index contributed by atoms with van der Waals surface area (Å²) in [5, 5.41) is 0.792. The first-order chi connectivity index (χ1) is 12.0. The molecule has 1 aromatic carbocycles. The van der Waals surface area contributed by atoms with Crippen LogP contribution in [0.15, 0.2) is 24.3 Å². The normalized spacial score (nSPS) is 16.1. The molecular weight excluding hydrogens is 338 g/mol. The number of nitrogens with zero attached hydrogens (tertiary/aromatic N) is 6. The zero-order chi connectivity index (χ0) is 17.8. The molecule has 3 rings (SSSR count). The van der Waals surface area contributed by atoms with Gasteiger partial charge in [0.2, 0.25) is 11.9 Å². The molecule has 1 fully saturated rings. The minimum Gasteiger partial charge on any atom is -0.368 e. The monoisotopic (exact) mass is 361 g/mol. The predicted molar refractivity (Wildman–Crippen MR) is 101 cm³/mol. The third kappa shape index (κ3) is 5.01. The second kappa shape index (κ2) is 7.95. The van der Waals surface area contributed by atoms with Crippen LogP contribution in [0.4, 0.5) is 11.9 Å². The van der Waals surface area contributed by atoms with E-state index >= 15 is 0 Å². The van der Waals surface area contributed by atoms with Crippen molar-refractivity contribution in [2.75, 3.05) is 50.9 Å². The number of aromatic nitrogens is 3. The molecule has 0 bridgehead atoms. The Labute approximate surface area is 153 Å². The molecule has 2 heterocycles. The Kier molecular flexibility index (Phi) is 5.67. The van der Waals surface area contributed by atoms with Crippen molar-refractivity contribution in [3.8, 4) is 0 Å². The number of halogens is 1. The molecule has 0 aliphatic carbocycles. The van der Waals surface area contributed by atoms with Gasteiger partial charge in [0.25, 0.3) is 0 Å². The molecule has 0 atom stereocenters. The maximum absolute atomic E-state index is 6.06. The second-order valence-electron chi connectivity index (χ2n) is 6.49. The van der Waals surface area contributed by atoms with E-state index in [0.717, 1.165) is 43.6 Å². The van der Waals surface area contributed by atoms with Gasteiger partial charge in [0.05, 0.1) is 6.54 Å². The van der Waals surface area contributed by atoms with Crippen molar-refractivity contribution < 1.29 is 0 Å². The number of rotatable bonds is 5. The Morgan fingerprint density at radius 3 is 2.36 bits per heavy atom. The third-order valence-electron chi connectivity index (χ3n) is 4.21. The minimum absolute atomic E-state index is 0.272. The van der Waals surface area contributed by atoms with Gasteiger partial charge < -0.3 is 10.6 Å². The SMILES string of the molecule is CN(C)c1nc(N)nc(CN2CCN(Cc3cccc(Cl)c3)CC2)n1. The van der Waals surface area contributed by atoms with Crippen molar-refractivity contribution in [3.63, 3.8) is 0 Å². The van der Waals surface area contributed by atoms with E-state index in [9.17, 15) is 0 Å². The highest BCUT2D eigenvalue weighted by Crippen LogP contribution is 2.15. The molecule has 2 N–H and O–H groups in total. The van der Waals surface area contributed by atoms with Gasteiger partial charge in [-0.25, -0.2) is 0 Å². The lowest BCUT2D eigenvalue weighted by Gasteiger charge is -2.34. The van der Waals surface area contributed by atoms with Gasteiger partial charge in [0, 0.05) is 51.8 Å². The van der Waals surface area contributed by atoms with Crippen LogP contribution in [-0.2, 0) is 13.1 Å². The molecule has 2 aromatic rings. The van der Waals surface area contributed by atoms with Crippen LogP contribution in [0.25, 0.3) is 0 Å². The highest BCUT2D eigenvalue weighted by Gasteiger charge is 2.19. The van der Waals surface area contributed by atoms with Gasteiger partial charge in [-0.3, -0.25) is 9.80 Å². The molecule has 1 aromatic heterocycles. The number of nitrogen functional groups attached to an aromatic ring is 1. The minimum atomic E-state index is 0.272. The standard InChI is InChI=1S/C17H24ClN7/c1-23(2)17-21-15(20-16(19)22-17)12-25-8-6-24(7-9-25)11-13-4-3-5-14(18)10-13/h3-5,10H,6-9,11-12H2,1-2H3,(H2,19,20,21,22). The van der Waals surface area contributed by atoms with Gasteiger partial charge >= 0.3 is 0 Å². The van der Waals surface area contributed by atoms with E-state index < -0.39 is 0 Å². The fourth-order valence-corrected chi connectivity index (χ4v) is 3.11. The van der Waals surface area contributed by atoms with Gasteiger partial charge in [0.1, 0.15) is 5.82 Å². The zero-order valence-electron chi connectivity index (χ0n) is 14.7. The van der Waals surface area contributed by atoms with E-state index in [1.165, 1.54) is 5.56 Å². The summed E-state index contributed by atoms with van der Waals surface area (Å²) in [7, 11) is 3.79. The largest absolute Gasteiger partial charge is 0.368 e. The lowest BCUT2D eigenvalue weighted by Crippen LogP contribution is -2.45. The molecule has 1 aliphatic rings. The van der Waals surface area contributed by atoms with Crippen molar-refractivity contribution in [2.45, 2.75) is 13.1 Å². The number of anilines is 2. The molecule has 1 aliphatic heterocycles. The molecule has 7 nitrogen and oxygen atoms in total. The maximum Gasteiger partial charge on any atom is 0.229 e. The average Bonchev–Trinajstić information content (AvgIpc) is 2.56. The Morgan fingerprint density at radius 2 is 1.72 bits per heavy atom. The first-order valence-corrected chi connectivity index (χ1v) is 8.74. The van der Waals surface area contributed by atoms with Crippen LogP contribution < -0.4 is 10.6 Å². The van der Waals surface area contributed by atoms with Gasteiger partial charge in [-0.2, -0.15) is 15.0 Å². The van der Waals surface area contributed by atoms with Crippen LogP contribution in [0.1, 0.15) is 11.4 Å². The summed E-state index contributed by atoms with van der Waals surface area (Å²) in [5.41, 5.74) is 7.05. The van der Waals surface area contributed by atoms with Crippen molar-refractivity contribution >= 4 is 23.5 Å². The van der Waals surface area contributed by atoms with Gasteiger partial charge in [0.15, 0.2) is 0 Å². The molecule has 25 heavy (non-hydrogen) atoms. The van der Waals surface area contributed by atoms with Crippen LogP contribution in [0.5, 0.6) is 0 Å². The van der Waals surface area contributed by atoms with Crippen LogP contribution >= 0.6 is 11.6 Å². The summed E-state index contributed by atoms with van der Waals surface area (Å²) in [5.74, 6) is 1.59. The van der Waals surface area contributed by atoms with E-state index in [1.54, 1.807) is 0 Å². The summed E-state index contributed by atoms with van der Waals surface area (Å²) >= 11 is 6.06. The lowest BCUT2D eigenvalue weighted by molar-refractivity contribution is 0.120. The number of piperazine rings is 1. The quantitative estimate of drug-likeness (QED) is 0.864. The second-order valence-corrected chi connectivity index (χ2v) is 6.92. The molecule has 0 saturated carbocycles. The fourth-order valence-electron chi connectivity index (χ4n) is 2.89. The summed E-state index contributed by atoms with van der Waals surface area (Å²) in [4.78, 5) is 19.5. The smallest absolute Gasteiger partial charge is 0.229 e. The topological polar surface area (TPSA) is 74.4 Å². The van der Waals surface area contributed by atoms with E-state index in [2.05, 4.69) is 30.8 Å². The first kappa shape index (κ1) is 17.8. The van der Waals surface area contributed by atoms with Gasteiger partial charge in [-0.05, 0) is 17.7 Å². The zero-order valence-corrected chi connectivity index (χ0v) is 15.4. The van der Waals surface area contributed by atoms with Crippen LogP contribution in [0.2, 0.25) is 5.02 Å². The van der Waals surface area contributed by atoms with Gasteiger partial charge in [-0.15, -0.1) is 0 Å². The highest BCUT2D eigenvalue weighted by molar-refractivity contribution is 6.30. The number of nitrogens with two attached hydrogens (primary N) is 1. The summed E-state index contributed by atoms with van der Waals surface area (Å²) < 4.78 is 0. The van der Waals surface area contributed by atoms with Crippen LogP contribution in [-0.4, -0.2) is 65.0 Å². The Hall–Kier alpha value is -1.96. The Bertz CT molecular complexity index is 714. The Morgan fingerprint density at radius 1 is 1.04 bits per heavy atom. The third-order valence-corrected chi connectivity index (χ3v) is 4.45. The van der Waals surface area contributed by atoms with Crippen molar-refractivity contribution in [1.82, 2.24) is 24.8 Å². The molecule has 0 spiro atoms. The Balaban J connectivity index is 1.54. The molecule has 0 unspecified atom stereocenters. The van der Waals surface area contributed by atoms with Crippen molar-refractivity contribution in [3.05, 3.63) is 40.7 Å².